The summed E-state index contributed by atoms with van der Waals surface area (Å²) in [6.07, 6.45) is 0. The van der Waals surface area contributed by atoms with Crippen LogP contribution in [0.4, 0.5) is 5.69 Å². The number of nitrogens with one attached hydrogen (secondary N) is 1. The van der Waals surface area contributed by atoms with Crippen molar-refractivity contribution in [2.24, 2.45) is 0 Å². The van der Waals surface area contributed by atoms with Gasteiger partial charge in [0.2, 0.25) is 0 Å². The lowest BCUT2D eigenvalue weighted by Crippen LogP contribution is -2.13. The quantitative estimate of drug-likeness (QED) is 0.823. The number of anilines is 1. The molecule has 2 aromatic carbocycles. The van der Waals surface area contributed by atoms with Crippen LogP contribution in [0.5, 0.6) is 5.75 Å². The molecule has 0 aromatic heterocycles. The monoisotopic (exact) mass is 353 g/mol. The second kappa shape index (κ2) is 5.85. The largest absolute Gasteiger partial charge is 0.507 e. The van der Waals surface area contributed by atoms with Gasteiger partial charge >= 0.3 is 0 Å². The Morgan fingerprint density at radius 2 is 1.95 bits per heavy atom. The van der Waals surface area contributed by atoms with Crippen LogP contribution in [0.3, 0.4) is 0 Å². The average Bonchev–Trinajstić information content (AvgIpc) is 2.39. The minimum atomic E-state index is -0.264. The van der Waals surface area contributed by atoms with Crippen LogP contribution in [-0.2, 0) is 0 Å². The maximum absolute atomic E-state index is 12.2. The number of phenols is 1. The number of hydrogen-bond donors (Lipinski definition) is 2. The first-order valence-corrected chi connectivity index (χ1v) is 7.13. The zero-order valence-electron chi connectivity index (χ0n) is 11.0. The molecule has 0 radical (unpaired) electrons. The van der Waals surface area contributed by atoms with E-state index in [1.54, 1.807) is 37.3 Å². The molecule has 0 spiro atoms. The molecule has 0 unspecified atom stereocenters. The number of amides is 1. The molecule has 2 N–H and O–H groups in total. The third kappa shape index (κ3) is 2.97. The Morgan fingerprint density at radius 3 is 2.60 bits per heavy atom. The van der Waals surface area contributed by atoms with Crippen LogP contribution in [-0.4, -0.2) is 11.0 Å². The Kier molecular flexibility index (Phi) is 4.35. The van der Waals surface area contributed by atoms with Crippen LogP contribution in [0.15, 0.2) is 34.8 Å². The number of carbonyl (C=O) groups excluding carboxylic acids is 1. The molecule has 3 nitrogen and oxygen atoms in total. The van der Waals surface area contributed by atoms with Gasteiger partial charge in [0.1, 0.15) is 5.75 Å². The lowest BCUT2D eigenvalue weighted by molar-refractivity contribution is 0.102. The normalized spacial score (nSPS) is 10.4. The number of halogens is 2. The Balaban J connectivity index is 2.30. The maximum atomic E-state index is 12.2. The number of rotatable bonds is 2. The van der Waals surface area contributed by atoms with Gasteiger partial charge in [-0.05, 0) is 59.6 Å². The number of aromatic hydroxyl groups is 1. The first kappa shape index (κ1) is 14.9. The third-order valence-electron chi connectivity index (χ3n) is 3.06. The molecule has 0 aliphatic heterocycles. The van der Waals surface area contributed by atoms with Crippen LogP contribution in [0, 0.1) is 13.8 Å². The highest BCUT2D eigenvalue weighted by Gasteiger charge is 2.13. The van der Waals surface area contributed by atoms with E-state index in [4.69, 9.17) is 11.6 Å². The Morgan fingerprint density at radius 1 is 1.25 bits per heavy atom. The van der Waals surface area contributed by atoms with Crippen molar-refractivity contribution in [3.63, 3.8) is 0 Å². The standard InChI is InChI=1S/C15H13BrClNO2/c1-8-3-6-13(9(2)14(8)19)18-15(20)11-5-4-10(17)7-12(11)16/h3-7,19H,1-2H3,(H,18,20). The van der Waals surface area contributed by atoms with Gasteiger partial charge in [-0.25, -0.2) is 0 Å². The summed E-state index contributed by atoms with van der Waals surface area (Å²) >= 11 is 9.16. The number of aryl methyl sites for hydroxylation is 1. The molecule has 2 rings (SSSR count). The molecule has 0 saturated heterocycles. The number of benzene rings is 2. The fourth-order valence-electron chi connectivity index (χ4n) is 1.83. The van der Waals surface area contributed by atoms with Crippen molar-refractivity contribution in [1.82, 2.24) is 0 Å². The first-order chi connectivity index (χ1) is 9.40. The minimum absolute atomic E-state index is 0.193. The SMILES string of the molecule is Cc1ccc(NC(=O)c2ccc(Cl)cc2Br)c(C)c1O. The smallest absolute Gasteiger partial charge is 0.256 e. The van der Waals surface area contributed by atoms with E-state index in [1.807, 2.05) is 6.92 Å². The van der Waals surface area contributed by atoms with E-state index in [2.05, 4.69) is 21.2 Å². The summed E-state index contributed by atoms with van der Waals surface area (Å²) in [6, 6.07) is 8.49. The molecule has 0 aliphatic rings. The molecule has 0 bridgehead atoms. The molecule has 2 aromatic rings. The van der Waals surface area contributed by atoms with Gasteiger partial charge in [0.05, 0.1) is 5.56 Å². The van der Waals surface area contributed by atoms with Gasteiger partial charge in [-0.1, -0.05) is 17.7 Å². The van der Waals surface area contributed by atoms with E-state index in [-0.39, 0.29) is 11.7 Å². The van der Waals surface area contributed by atoms with Crippen LogP contribution < -0.4 is 5.32 Å². The predicted octanol–water partition coefficient (Wildman–Crippen LogP) is 4.68. The fraction of sp³-hybridized carbons (Fsp3) is 0.133. The van der Waals surface area contributed by atoms with Crippen molar-refractivity contribution >= 4 is 39.1 Å². The van der Waals surface area contributed by atoms with E-state index in [9.17, 15) is 9.90 Å². The van der Waals surface area contributed by atoms with Crippen molar-refractivity contribution in [3.8, 4) is 5.75 Å². The second-order valence-electron chi connectivity index (χ2n) is 4.48. The molecular weight excluding hydrogens is 342 g/mol. The van der Waals surface area contributed by atoms with Crippen LogP contribution in [0.2, 0.25) is 5.02 Å². The number of carbonyl (C=O) groups is 1. The lowest BCUT2D eigenvalue weighted by Gasteiger charge is -2.12. The van der Waals surface area contributed by atoms with Gasteiger partial charge in [-0.2, -0.15) is 0 Å². The lowest BCUT2D eigenvalue weighted by atomic mass is 10.1. The van der Waals surface area contributed by atoms with E-state index in [0.29, 0.717) is 26.3 Å². The highest BCUT2D eigenvalue weighted by Crippen LogP contribution is 2.29. The van der Waals surface area contributed by atoms with Gasteiger partial charge in [0.25, 0.3) is 5.91 Å². The topological polar surface area (TPSA) is 49.3 Å². The zero-order valence-corrected chi connectivity index (χ0v) is 13.3. The summed E-state index contributed by atoms with van der Waals surface area (Å²) in [5.74, 6) is -0.0714. The summed E-state index contributed by atoms with van der Waals surface area (Å²) < 4.78 is 0.622. The Bertz CT molecular complexity index is 686. The molecular formula is C15H13BrClNO2. The molecule has 20 heavy (non-hydrogen) atoms. The maximum Gasteiger partial charge on any atom is 0.256 e. The van der Waals surface area contributed by atoms with Gasteiger partial charge in [0.15, 0.2) is 0 Å². The minimum Gasteiger partial charge on any atom is -0.507 e. The van der Waals surface area contributed by atoms with E-state index < -0.39 is 0 Å². The fourth-order valence-corrected chi connectivity index (χ4v) is 2.70. The van der Waals surface area contributed by atoms with Crippen LogP contribution >= 0.6 is 27.5 Å². The summed E-state index contributed by atoms with van der Waals surface area (Å²) in [6.45, 7) is 3.57. The van der Waals surface area contributed by atoms with Crippen LogP contribution in [0.25, 0.3) is 0 Å². The van der Waals surface area contributed by atoms with Crippen LogP contribution in [0.1, 0.15) is 21.5 Å². The summed E-state index contributed by atoms with van der Waals surface area (Å²) in [7, 11) is 0. The van der Waals surface area contributed by atoms with Crippen molar-refractivity contribution in [1.29, 1.82) is 0 Å². The van der Waals surface area contributed by atoms with Gasteiger partial charge in [-0.3, -0.25) is 4.79 Å². The average molecular weight is 355 g/mol. The molecule has 1 amide bonds. The third-order valence-corrected chi connectivity index (χ3v) is 3.95. The number of phenolic OH excluding ortho intramolecular Hbond substituents is 1. The highest BCUT2D eigenvalue weighted by atomic mass is 79.9. The van der Waals surface area contributed by atoms with Crippen molar-refractivity contribution in [3.05, 3.63) is 56.5 Å². The molecule has 0 heterocycles. The molecule has 0 atom stereocenters. The molecule has 0 saturated carbocycles. The molecule has 0 fully saturated rings. The van der Waals surface area contributed by atoms with E-state index in [1.165, 1.54) is 0 Å². The number of hydrogen-bond acceptors (Lipinski definition) is 2. The molecule has 5 heteroatoms. The van der Waals surface area contributed by atoms with Gasteiger partial charge in [-0.15, -0.1) is 0 Å². The summed E-state index contributed by atoms with van der Waals surface area (Å²) in [5, 5.41) is 13.2. The first-order valence-electron chi connectivity index (χ1n) is 5.95. The Hall–Kier alpha value is -1.52. The van der Waals surface area contributed by atoms with Crippen molar-refractivity contribution in [2.75, 3.05) is 5.32 Å². The van der Waals surface area contributed by atoms with Crippen molar-refractivity contribution < 1.29 is 9.90 Å². The molecule has 104 valence electrons. The van der Waals surface area contributed by atoms with Gasteiger partial charge in [0, 0.05) is 20.7 Å². The van der Waals surface area contributed by atoms with Gasteiger partial charge < -0.3 is 10.4 Å². The predicted molar refractivity (Wildman–Crippen MR) is 84.7 cm³/mol. The summed E-state index contributed by atoms with van der Waals surface area (Å²) in [4.78, 5) is 12.2. The highest BCUT2D eigenvalue weighted by molar-refractivity contribution is 9.10. The van der Waals surface area contributed by atoms with Crippen molar-refractivity contribution in [2.45, 2.75) is 13.8 Å². The van der Waals surface area contributed by atoms with E-state index >= 15 is 0 Å². The zero-order chi connectivity index (χ0) is 14.9. The summed E-state index contributed by atoms with van der Waals surface area (Å²) in [5.41, 5.74) is 2.48. The molecule has 0 aliphatic carbocycles. The Labute approximate surface area is 130 Å². The second-order valence-corrected chi connectivity index (χ2v) is 5.77. The van der Waals surface area contributed by atoms with E-state index in [0.717, 1.165) is 5.56 Å².